The van der Waals surface area contributed by atoms with Gasteiger partial charge < -0.3 is 14.7 Å². The Hall–Kier alpha value is -5.18. The molecule has 14 nitrogen and oxygen atoms in total. The van der Waals surface area contributed by atoms with Gasteiger partial charge in [0.2, 0.25) is 11.8 Å². The topological polar surface area (TPSA) is 190 Å². The number of allylic oxidation sites excluding steroid dienone is 6. The number of methoxy groups -OCH3 is 1. The number of benzene rings is 2. The van der Waals surface area contributed by atoms with Crippen molar-refractivity contribution in [3.63, 3.8) is 0 Å². The van der Waals surface area contributed by atoms with Gasteiger partial charge in [-0.15, -0.1) is 0 Å². The number of Topliss-reactive ketones (excluding diaryl/α,β-unsaturated/α-hetero) is 1. The summed E-state index contributed by atoms with van der Waals surface area (Å²) >= 11 is 3.16. The number of ether oxygens (including phenoxy) is 1. The highest BCUT2D eigenvalue weighted by Crippen LogP contribution is 2.57. The number of carbonyl (C=O) groups excluding carboxylic acids is 4. The molecule has 4 atom stereocenters. The molecule has 4 unspecified atom stereocenters. The number of halogens is 1. The number of para-hydroxylation sites is 1. The molecule has 1 aliphatic heterocycles. The standard InChI is InChI=1S/C31H25BrN4O10/c1-33(2)27-20(35(42)43)9-13(10-21(27)36(44)45)34-30(40)16-8-7-14-17(25(16)31(34)41)11-18-26(22(37)12-19(32)28(18)38)24(14)15-5-4-6-23(46-3)29(15)39/h4-7,9-10,12,16-17,24-25,39H,8,11H2,1-3H3. The fourth-order valence-corrected chi connectivity index (χ4v) is 7.66. The van der Waals surface area contributed by atoms with Gasteiger partial charge in [-0.25, -0.2) is 4.90 Å². The Morgan fingerprint density at radius 2 is 1.67 bits per heavy atom. The minimum atomic E-state index is -1.06. The number of carbonyl (C=O) groups is 4. The van der Waals surface area contributed by atoms with Crippen LogP contribution in [0.5, 0.6) is 11.5 Å². The molecule has 0 aromatic heterocycles. The lowest BCUT2D eigenvalue weighted by Crippen LogP contribution is -2.39. The summed E-state index contributed by atoms with van der Waals surface area (Å²) in [6.07, 6.45) is 2.88. The second kappa shape index (κ2) is 11.0. The summed E-state index contributed by atoms with van der Waals surface area (Å²) in [6, 6.07) is 6.67. The van der Waals surface area contributed by atoms with Crippen molar-refractivity contribution in [1.29, 1.82) is 0 Å². The van der Waals surface area contributed by atoms with Crippen molar-refractivity contribution in [2.45, 2.75) is 18.8 Å². The molecule has 2 aromatic carbocycles. The molecule has 15 heteroatoms. The molecule has 236 valence electrons. The van der Waals surface area contributed by atoms with E-state index in [4.69, 9.17) is 4.74 Å². The number of fused-ring (bicyclic) bond motifs is 3. The Morgan fingerprint density at radius 1 is 1.02 bits per heavy atom. The second-order valence-corrected chi connectivity index (χ2v) is 12.4. The van der Waals surface area contributed by atoms with Gasteiger partial charge in [0, 0.05) is 54.9 Å². The van der Waals surface area contributed by atoms with Gasteiger partial charge in [-0.1, -0.05) is 23.8 Å². The first kappa shape index (κ1) is 30.8. The van der Waals surface area contributed by atoms with E-state index < -0.39 is 68.3 Å². The lowest BCUT2D eigenvalue weighted by Gasteiger charge is -2.42. The van der Waals surface area contributed by atoms with E-state index in [2.05, 4.69) is 15.9 Å². The summed E-state index contributed by atoms with van der Waals surface area (Å²) < 4.78 is 5.32. The Morgan fingerprint density at radius 3 is 2.26 bits per heavy atom. The predicted molar refractivity (Wildman–Crippen MR) is 166 cm³/mol. The number of amides is 2. The molecule has 1 saturated heterocycles. The molecule has 0 radical (unpaired) electrons. The third-order valence-corrected chi connectivity index (χ3v) is 9.63. The molecule has 1 fully saturated rings. The Balaban J connectivity index is 1.50. The summed E-state index contributed by atoms with van der Waals surface area (Å²) in [4.78, 5) is 79.3. The molecule has 2 amide bonds. The van der Waals surface area contributed by atoms with E-state index in [0.29, 0.717) is 5.57 Å². The lowest BCUT2D eigenvalue weighted by atomic mass is 9.59. The number of anilines is 2. The number of imide groups is 1. The van der Waals surface area contributed by atoms with Crippen LogP contribution in [-0.2, 0) is 19.2 Å². The molecule has 1 N–H and O–H groups in total. The van der Waals surface area contributed by atoms with E-state index in [9.17, 15) is 44.5 Å². The smallest absolute Gasteiger partial charge is 0.301 e. The molecule has 4 aliphatic rings. The minimum absolute atomic E-state index is 0.0284. The molecule has 0 bridgehead atoms. The summed E-state index contributed by atoms with van der Waals surface area (Å²) in [5.41, 5.74) is -0.827. The molecule has 0 spiro atoms. The summed E-state index contributed by atoms with van der Waals surface area (Å²) in [6.45, 7) is 0. The number of phenolic OH excluding ortho intramolecular Hbond substituents is 1. The van der Waals surface area contributed by atoms with Crippen LogP contribution in [-0.4, -0.2) is 59.5 Å². The molecular formula is C31H25BrN4O10. The van der Waals surface area contributed by atoms with E-state index in [1.807, 2.05) is 0 Å². The van der Waals surface area contributed by atoms with Crippen LogP contribution in [0.4, 0.5) is 22.7 Å². The highest BCUT2D eigenvalue weighted by Gasteiger charge is 2.57. The van der Waals surface area contributed by atoms with Crippen molar-refractivity contribution >= 4 is 62.1 Å². The van der Waals surface area contributed by atoms with Gasteiger partial charge in [0.15, 0.2) is 28.8 Å². The number of phenols is 1. The van der Waals surface area contributed by atoms with Gasteiger partial charge in [-0.2, -0.15) is 0 Å². The van der Waals surface area contributed by atoms with E-state index in [1.54, 1.807) is 18.2 Å². The van der Waals surface area contributed by atoms with Crippen molar-refractivity contribution in [3.8, 4) is 11.5 Å². The Bertz CT molecular complexity index is 1880. The zero-order chi connectivity index (χ0) is 33.4. The largest absolute Gasteiger partial charge is 0.504 e. The molecule has 6 rings (SSSR count). The monoisotopic (exact) mass is 692 g/mol. The fourth-order valence-electron chi connectivity index (χ4n) is 7.21. The Kier molecular flexibility index (Phi) is 7.38. The van der Waals surface area contributed by atoms with Crippen molar-refractivity contribution in [3.05, 3.63) is 89.5 Å². The van der Waals surface area contributed by atoms with Crippen LogP contribution in [0.3, 0.4) is 0 Å². The molecule has 2 aromatic rings. The van der Waals surface area contributed by atoms with Gasteiger partial charge in [0.05, 0.1) is 39.0 Å². The summed E-state index contributed by atoms with van der Waals surface area (Å²) in [7, 11) is 4.16. The number of rotatable bonds is 6. The first-order chi connectivity index (χ1) is 21.8. The SMILES string of the molecule is COc1cccc(C2C3=CCC4C(=O)N(c5cc([N+](=O)[O-])c(N(C)C)c([N+](=O)[O-])c5)C(=O)C4C3CC3=C2C(=O)C=C(Br)C3=O)c1O. The lowest BCUT2D eigenvalue weighted by molar-refractivity contribution is -0.392. The van der Waals surface area contributed by atoms with Gasteiger partial charge in [0.1, 0.15) is 0 Å². The number of hydrogen-bond acceptors (Lipinski definition) is 11. The molecule has 1 heterocycles. The van der Waals surface area contributed by atoms with Crippen LogP contribution in [0.2, 0.25) is 0 Å². The van der Waals surface area contributed by atoms with E-state index in [0.717, 1.165) is 17.0 Å². The average Bonchev–Trinajstić information content (AvgIpc) is 3.27. The quantitative estimate of drug-likeness (QED) is 0.150. The average molecular weight is 693 g/mol. The summed E-state index contributed by atoms with van der Waals surface area (Å²) in [5.74, 6) is -6.21. The van der Waals surface area contributed by atoms with Crippen LogP contribution in [0.1, 0.15) is 24.3 Å². The molecule has 3 aliphatic carbocycles. The molecule has 0 saturated carbocycles. The van der Waals surface area contributed by atoms with E-state index in [1.165, 1.54) is 38.2 Å². The van der Waals surface area contributed by atoms with Gasteiger partial charge >= 0.3 is 11.4 Å². The van der Waals surface area contributed by atoms with Gasteiger partial charge in [0.25, 0.3) is 0 Å². The minimum Gasteiger partial charge on any atom is -0.504 e. The predicted octanol–water partition coefficient (Wildman–Crippen LogP) is 4.25. The van der Waals surface area contributed by atoms with Crippen molar-refractivity contribution < 1.29 is 38.9 Å². The number of hydrogen-bond donors (Lipinski definition) is 1. The third-order valence-electron chi connectivity index (χ3n) is 9.05. The number of nitrogens with zero attached hydrogens (tertiary/aromatic N) is 4. The second-order valence-electron chi connectivity index (χ2n) is 11.5. The first-order valence-corrected chi connectivity index (χ1v) is 14.8. The van der Waals surface area contributed by atoms with Crippen molar-refractivity contribution in [2.24, 2.45) is 17.8 Å². The van der Waals surface area contributed by atoms with Crippen molar-refractivity contribution in [1.82, 2.24) is 0 Å². The van der Waals surface area contributed by atoms with Crippen LogP contribution in [0.25, 0.3) is 0 Å². The van der Waals surface area contributed by atoms with Gasteiger partial charge in [-0.3, -0.25) is 39.4 Å². The van der Waals surface area contributed by atoms with Crippen LogP contribution < -0.4 is 14.5 Å². The third kappa shape index (κ3) is 4.44. The maximum absolute atomic E-state index is 14.2. The van der Waals surface area contributed by atoms with Gasteiger partial charge in [-0.05, 0) is 40.8 Å². The molecule has 46 heavy (non-hydrogen) atoms. The van der Waals surface area contributed by atoms with E-state index in [-0.39, 0.29) is 56.9 Å². The maximum Gasteiger partial charge on any atom is 0.301 e. The zero-order valence-corrected chi connectivity index (χ0v) is 26.1. The zero-order valence-electron chi connectivity index (χ0n) is 24.6. The summed E-state index contributed by atoms with van der Waals surface area (Å²) in [5, 5.41) is 35.1. The molecular weight excluding hydrogens is 668 g/mol. The Labute approximate surface area is 269 Å². The first-order valence-electron chi connectivity index (χ1n) is 14.0. The van der Waals surface area contributed by atoms with Crippen LogP contribution in [0, 0.1) is 38.0 Å². The number of nitro benzene ring substituents is 2. The maximum atomic E-state index is 14.2. The normalized spacial score (nSPS) is 23.8. The number of ketones is 2. The van der Waals surface area contributed by atoms with Crippen molar-refractivity contribution in [2.75, 3.05) is 31.0 Å². The van der Waals surface area contributed by atoms with E-state index >= 15 is 0 Å². The van der Waals surface area contributed by atoms with Crippen LogP contribution in [0.15, 0.2) is 63.7 Å². The van der Waals surface area contributed by atoms with Crippen LogP contribution >= 0.6 is 15.9 Å². The fraction of sp³-hybridized carbons (Fsp3) is 0.290. The highest BCUT2D eigenvalue weighted by atomic mass is 79.9. The number of nitro groups is 2. The highest BCUT2D eigenvalue weighted by molar-refractivity contribution is 9.12. The number of aromatic hydroxyl groups is 1.